The third kappa shape index (κ3) is 6.32. The molecule has 3 aromatic rings. The van der Waals surface area contributed by atoms with Crippen LogP contribution in [0.2, 0.25) is 0 Å². The summed E-state index contributed by atoms with van der Waals surface area (Å²) in [6.07, 6.45) is -0.453. The zero-order valence-corrected chi connectivity index (χ0v) is 22.9. The minimum atomic E-state index is -4.71. The molecular weight excluding hydrogens is 552 g/mol. The number of hydrogen-bond acceptors (Lipinski definition) is 7. The highest BCUT2D eigenvalue weighted by atomic mass is 32.2. The number of aliphatic hydroxyl groups excluding tert-OH is 1. The second-order valence-corrected chi connectivity index (χ2v) is 10.7. The molecule has 0 unspecified atom stereocenters. The van der Waals surface area contributed by atoms with Crippen molar-refractivity contribution in [1.82, 2.24) is 10.2 Å². The van der Waals surface area contributed by atoms with E-state index in [1.54, 1.807) is 0 Å². The summed E-state index contributed by atoms with van der Waals surface area (Å²) in [6.45, 7) is -0.528. The topological polar surface area (TPSA) is 188 Å². The van der Waals surface area contributed by atoms with Crippen molar-refractivity contribution in [2.45, 2.75) is 36.4 Å². The summed E-state index contributed by atoms with van der Waals surface area (Å²) in [6, 6.07) is 16.1. The van der Waals surface area contributed by atoms with Crippen molar-refractivity contribution in [1.29, 1.82) is 0 Å². The monoisotopic (exact) mass is 582 g/mol. The Labute approximate surface area is 236 Å². The first kappa shape index (κ1) is 29.5. The lowest BCUT2D eigenvalue weighted by Gasteiger charge is -2.35. The van der Waals surface area contributed by atoms with Crippen LogP contribution in [-0.4, -0.2) is 60.7 Å². The minimum absolute atomic E-state index is 0.0112. The van der Waals surface area contributed by atoms with Crippen molar-refractivity contribution < 1.29 is 37.2 Å². The maximum Gasteiger partial charge on any atom is 0.410 e. The zero-order valence-electron chi connectivity index (χ0n) is 22.1. The zero-order chi connectivity index (χ0) is 29.7. The average molecular weight is 583 g/mol. The van der Waals surface area contributed by atoms with Gasteiger partial charge in [-0.25, -0.2) is 9.59 Å². The highest BCUT2D eigenvalue weighted by molar-refractivity contribution is 7.85. The van der Waals surface area contributed by atoms with Crippen LogP contribution in [0.3, 0.4) is 0 Å². The molecule has 12 nitrogen and oxygen atoms in total. The fourth-order valence-corrected chi connectivity index (χ4v) is 5.82. The predicted octanol–water partition coefficient (Wildman–Crippen LogP) is 3.02. The molecule has 1 atom stereocenters. The van der Waals surface area contributed by atoms with Gasteiger partial charge in [0.15, 0.2) is 0 Å². The molecule has 0 spiro atoms. The molecule has 0 bridgehead atoms. The molecular formula is C28H30N4O8S. The number of anilines is 1. The number of benzene rings is 3. The number of amides is 4. The number of hydrogen-bond donors (Lipinski definition) is 5. The van der Waals surface area contributed by atoms with Crippen LogP contribution in [0.4, 0.5) is 15.3 Å². The number of fused-ring (bicyclic) bond motifs is 3. The Hall–Kier alpha value is -4.46. The summed E-state index contributed by atoms with van der Waals surface area (Å²) in [5.74, 6) is -0.672. The molecule has 13 heteroatoms. The molecule has 0 saturated carbocycles. The van der Waals surface area contributed by atoms with E-state index in [1.807, 2.05) is 48.5 Å². The number of nitrogens with one attached hydrogen (secondary N) is 2. The van der Waals surface area contributed by atoms with Crippen LogP contribution in [-0.2, 0) is 26.3 Å². The van der Waals surface area contributed by atoms with Crippen LogP contribution in [0.1, 0.15) is 35.6 Å². The molecule has 0 fully saturated rings. The predicted molar refractivity (Wildman–Crippen MR) is 149 cm³/mol. The molecule has 0 aliphatic heterocycles. The van der Waals surface area contributed by atoms with Gasteiger partial charge in [0.05, 0.1) is 19.8 Å². The Bertz CT molecular complexity index is 1530. The van der Waals surface area contributed by atoms with E-state index in [0.29, 0.717) is 0 Å². The summed E-state index contributed by atoms with van der Waals surface area (Å²) in [7, 11) is -3.51. The smallest absolute Gasteiger partial charge is 0.410 e. The van der Waals surface area contributed by atoms with Gasteiger partial charge in [-0.05, 0) is 52.8 Å². The van der Waals surface area contributed by atoms with Gasteiger partial charge >= 0.3 is 12.1 Å². The number of primary amides is 1. The van der Waals surface area contributed by atoms with Gasteiger partial charge < -0.3 is 26.2 Å². The SMILES string of the molecule is COC(=O)N(C1c2ccccc2-c2ccccc21)[C@@H](CCCNC(N)=O)C(=O)Nc1ccc(CO)c(S(=O)(=O)O)c1. The van der Waals surface area contributed by atoms with Gasteiger partial charge in [-0.1, -0.05) is 54.6 Å². The lowest BCUT2D eigenvalue weighted by molar-refractivity contribution is -0.121. The summed E-state index contributed by atoms with van der Waals surface area (Å²) < 4.78 is 38.5. The van der Waals surface area contributed by atoms with Crippen molar-refractivity contribution in [3.63, 3.8) is 0 Å². The van der Waals surface area contributed by atoms with E-state index in [1.165, 1.54) is 24.1 Å². The molecule has 0 radical (unpaired) electrons. The fraction of sp³-hybridized carbons (Fsp3) is 0.250. The van der Waals surface area contributed by atoms with Gasteiger partial charge in [-0.15, -0.1) is 0 Å². The van der Waals surface area contributed by atoms with Crippen LogP contribution in [0.15, 0.2) is 71.6 Å². The van der Waals surface area contributed by atoms with Gasteiger partial charge in [0.1, 0.15) is 10.9 Å². The Balaban J connectivity index is 1.77. The van der Waals surface area contributed by atoms with E-state index in [4.69, 9.17) is 10.5 Å². The van der Waals surface area contributed by atoms with Gasteiger partial charge in [0.25, 0.3) is 10.1 Å². The van der Waals surface area contributed by atoms with Crippen LogP contribution in [0, 0.1) is 0 Å². The third-order valence-corrected chi connectivity index (χ3v) is 7.78. The highest BCUT2D eigenvalue weighted by Crippen LogP contribution is 2.47. The first-order valence-electron chi connectivity index (χ1n) is 12.7. The van der Waals surface area contributed by atoms with E-state index < -0.39 is 51.7 Å². The summed E-state index contributed by atoms with van der Waals surface area (Å²) in [5.41, 5.74) is 8.49. The number of methoxy groups -OCH3 is 1. The number of ether oxygens (including phenoxy) is 1. The van der Waals surface area contributed by atoms with E-state index in [9.17, 15) is 32.5 Å². The first-order chi connectivity index (χ1) is 19.6. The quantitative estimate of drug-likeness (QED) is 0.178. The molecule has 3 aromatic carbocycles. The summed E-state index contributed by atoms with van der Waals surface area (Å²) in [4.78, 5) is 39.3. The molecule has 41 heavy (non-hydrogen) atoms. The molecule has 6 N–H and O–H groups in total. The Morgan fingerprint density at radius 3 is 2.17 bits per heavy atom. The third-order valence-electron chi connectivity index (χ3n) is 6.84. The van der Waals surface area contributed by atoms with Gasteiger partial charge in [-0.3, -0.25) is 14.2 Å². The van der Waals surface area contributed by atoms with E-state index in [0.717, 1.165) is 28.3 Å². The molecule has 1 aliphatic carbocycles. The molecule has 4 rings (SSSR count). The van der Waals surface area contributed by atoms with Crippen LogP contribution >= 0.6 is 0 Å². The highest BCUT2D eigenvalue weighted by Gasteiger charge is 2.42. The van der Waals surface area contributed by atoms with E-state index in [-0.39, 0.29) is 30.6 Å². The van der Waals surface area contributed by atoms with Crippen LogP contribution in [0.5, 0.6) is 0 Å². The van der Waals surface area contributed by atoms with E-state index >= 15 is 0 Å². The van der Waals surface area contributed by atoms with Crippen molar-refractivity contribution in [2.75, 3.05) is 19.0 Å². The minimum Gasteiger partial charge on any atom is -0.453 e. The maximum absolute atomic E-state index is 13.9. The van der Waals surface area contributed by atoms with Crippen molar-refractivity contribution in [2.24, 2.45) is 5.73 Å². The Morgan fingerprint density at radius 1 is 1.02 bits per heavy atom. The van der Waals surface area contributed by atoms with Gasteiger partial charge in [-0.2, -0.15) is 8.42 Å². The second kappa shape index (κ2) is 12.4. The number of nitrogens with two attached hydrogens (primary N) is 1. The number of aliphatic hydroxyl groups is 1. The number of urea groups is 1. The van der Waals surface area contributed by atoms with Gasteiger partial charge in [0.2, 0.25) is 5.91 Å². The maximum atomic E-state index is 13.9. The van der Waals surface area contributed by atoms with Crippen molar-refractivity contribution >= 4 is 33.8 Å². The Kier molecular flexibility index (Phi) is 8.91. The molecule has 0 saturated heterocycles. The molecule has 1 aliphatic rings. The molecule has 216 valence electrons. The van der Waals surface area contributed by atoms with E-state index in [2.05, 4.69) is 10.6 Å². The van der Waals surface area contributed by atoms with Crippen molar-refractivity contribution in [3.8, 4) is 11.1 Å². The summed E-state index contributed by atoms with van der Waals surface area (Å²) >= 11 is 0. The lowest BCUT2D eigenvalue weighted by atomic mass is 9.99. The number of carbonyl (C=O) groups is 3. The first-order valence-corrected chi connectivity index (χ1v) is 14.1. The molecule has 4 amide bonds. The van der Waals surface area contributed by atoms with Crippen molar-refractivity contribution in [3.05, 3.63) is 83.4 Å². The normalized spacial score (nSPS) is 13.0. The number of carbonyl (C=O) groups excluding carboxylic acids is 3. The number of nitrogens with zero attached hydrogens (tertiary/aromatic N) is 1. The largest absolute Gasteiger partial charge is 0.453 e. The fourth-order valence-electron chi connectivity index (χ4n) is 5.08. The van der Waals surface area contributed by atoms with Gasteiger partial charge in [0, 0.05) is 12.2 Å². The Morgan fingerprint density at radius 2 is 1.63 bits per heavy atom. The standard InChI is InChI=1S/C28H30N4O8S/c1-40-28(36)32(25-21-9-4-2-7-19(21)20-8-3-5-10-22(20)25)23(11-6-14-30-27(29)35)26(34)31-18-13-12-17(16-33)24(15-18)41(37,38)39/h2-5,7-10,12-13,15,23,25,33H,6,11,14,16H2,1H3,(H,31,34)(H3,29,30,35)(H,37,38,39)/t23-/m0/s1. The molecule has 0 heterocycles. The average Bonchev–Trinajstić information content (AvgIpc) is 3.27. The van der Waals surface area contributed by atoms with Crippen LogP contribution in [0.25, 0.3) is 11.1 Å². The second-order valence-electron chi connectivity index (χ2n) is 9.35. The summed E-state index contributed by atoms with van der Waals surface area (Å²) in [5, 5.41) is 14.6. The lowest BCUT2D eigenvalue weighted by Crippen LogP contribution is -2.49. The van der Waals surface area contributed by atoms with Crippen LogP contribution < -0.4 is 16.4 Å². The molecule has 0 aromatic heterocycles. The number of rotatable bonds is 10.